The lowest BCUT2D eigenvalue weighted by Crippen LogP contribution is -2.35. The molecule has 0 aliphatic rings. The fourth-order valence-corrected chi connectivity index (χ4v) is 2.95. The van der Waals surface area contributed by atoms with Crippen molar-refractivity contribution < 1.29 is 19.2 Å². The Morgan fingerprint density at radius 3 is 1.97 bits per heavy atom. The number of carbonyl (C=O) groups excluding carboxylic acids is 2. The second-order valence-corrected chi connectivity index (χ2v) is 6.62. The average Bonchev–Trinajstić information content (AvgIpc) is 2.80. The van der Waals surface area contributed by atoms with Gasteiger partial charge in [-0.25, -0.2) is 0 Å². The first-order valence-electron chi connectivity index (χ1n) is 9.51. The largest absolute Gasteiger partial charge is 0.388 e. The zero-order valence-electron chi connectivity index (χ0n) is 17.4. The maximum absolute atomic E-state index is 13.2. The highest BCUT2D eigenvalue weighted by Gasteiger charge is 2.26. The van der Waals surface area contributed by atoms with Gasteiger partial charge in [0.15, 0.2) is 0 Å². The van der Waals surface area contributed by atoms with E-state index in [1.54, 1.807) is 26.4 Å². The summed E-state index contributed by atoms with van der Waals surface area (Å²) in [6.45, 7) is 0.231. The van der Waals surface area contributed by atoms with Crippen molar-refractivity contribution in [1.82, 2.24) is 4.90 Å². The molecule has 0 N–H and O–H groups in total. The maximum atomic E-state index is 13.2. The van der Waals surface area contributed by atoms with Crippen LogP contribution in [0.15, 0.2) is 84.9 Å². The van der Waals surface area contributed by atoms with Crippen LogP contribution in [-0.2, 0) is 16.1 Å². The number of nitro benzene ring substituents is 1. The van der Waals surface area contributed by atoms with E-state index in [0.29, 0.717) is 5.56 Å². The number of carbonyl (C=O) groups is 2. The highest BCUT2D eigenvalue weighted by Crippen LogP contribution is 2.24. The molecular formula is C24H24N2O5. The zero-order valence-corrected chi connectivity index (χ0v) is 17.4. The molecule has 7 heteroatoms. The monoisotopic (exact) mass is 420 g/mol. The van der Waals surface area contributed by atoms with Crippen molar-refractivity contribution >= 4 is 17.9 Å². The van der Waals surface area contributed by atoms with Crippen LogP contribution in [0.1, 0.15) is 27.5 Å². The van der Waals surface area contributed by atoms with Gasteiger partial charge in [-0.1, -0.05) is 60.7 Å². The normalized spacial score (nSPS) is 10.9. The Morgan fingerprint density at radius 2 is 1.48 bits per heavy atom. The summed E-state index contributed by atoms with van der Waals surface area (Å²) in [6.07, 6.45) is 0.738. The lowest BCUT2D eigenvalue weighted by atomic mass is 10.0. The number of nitro groups is 1. The Labute approximate surface area is 181 Å². The number of ether oxygens (including phenoxy) is 1. The summed E-state index contributed by atoms with van der Waals surface area (Å²) in [7, 11) is 3.25. The van der Waals surface area contributed by atoms with Crippen molar-refractivity contribution in [2.45, 2.75) is 12.6 Å². The van der Waals surface area contributed by atoms with E-state index in [1.165, 1.54) is 29.2 Å². The molecule has 0 saturated heterocycles. The molecule has 31 heavy (non-hydrogen) atoms. The van der Waals surface area contributed by atoms with E-state index in [1.807, 2.05) is 48.5 Å². The molecule has 3 rings (SSSR count). The van der Waals surface area contributed by atoms with E-state index in [2.05, 4.69) is 4.74 Å². The molecule has 7 nitrogen and oxygen atoms in total. The van der Waals surface area contributed by atoms with Crippen molar-refractivity contribution in [2.24, 2.45) is 0 Å². The molecule has 160 valence electrons. The highest BCUT2D eigenvalue weighted by atomic mass is 16.6. The lowest BCUT2D eigenvalue weighted by molar-refractivity contribution is -0.384. The first-order valence-corrected chi connectivity index (χ1v) is 9.51. The van der Waals surface area contributed by atoms with E-state index < -0.39 is 11.0 Å². The van der Waals surface area contributed by atoms with Gasteiger partial charge in [0, 0.05) is 38.5 Å². The van der Waals surface area contributed by atoms with E-state index in [-0.39, 0.29) is 23.7 Å². The standard InChI is InChI=1S/C22H18N2O4.C2H6O/c25-16-21(18-9-5-2-6-10-18)23(15-17-7-3-1-4-8-17)22(26)19-11-13-20(14-12-19)24(27)28;1-3-2/h1-14,16,21H,15H2;1-2H3. The molecule has 0 aliphatic carbocycles. The van der Waals surface area contributed by atoms with Crippen molar-refractivity contribution in [1.29, 1.82) is 0 Å². The van der Waals surface area contributed by atoms with Crippen LogP contribution in [0.5, 0.6) is 0 Å². The molecular weight excluding hydrogens is 396 g/mol. The van der Waals surface area contributed by atoms with Gasteiger partial charge in [0.25, 0.3) is 11.6 Å². The quantitative estimate of drug-likeness (QED) is 0.320. The van der Waals surface area contributed by atoms with Crippen LogP contribution in [0.2, 0.25) is 0 Å². The van der Waals surface area contributed by atoms with Gasteiger partial charge in [0.1, 0.15) is 12.3 Å². The van der Waals surface area contributed by atoms with Gasteiger partial charge in [0.2, 0.25) is 0 Å². The summed E-state index contributed by atoms with van der Waals surface area (Å²) in [5.74, 6) is -0.375. The second-order valence-electron chi connectivity index (χ2n) is 6.62. The first-order chi connectivity index (χ1) is 15.0. The Balaban J connectivity index is 0.00000107. The van der Waals surface area contributed by atoms with Crippen LogP contribution in [0.3, 0.4) is 0 Å². The van der Waals surface area contributed by atoms with E-state index in [0.717, 1.165) is 11.8 Å². The number of non-ortho nitro benzene ring substituents is 1. The molecule has 0 saturated carbocycles. The van der Waals surface area contributed by atoms with Gasteiger partial charge < -0.3 is 14.4 Å². The van der Waals surface area contributed by atoms with Crippen LogP contribution in [0, 0.1) is 10.1 Å². The molecule has 0 radical (unpaired) electrons. The van der Waals surface area contributed by atoms with Crippen molar-refractivity contribution in [2.75, 3.05) is 14.2 Å². The number of hydrogen-bond donors (Lipinski definition) is 0. The molecule has 1 amide bonds. The minimum Gasteiger partial charge on any atom is -0.388 e. The third-order valence-electron chi connectivity index (χ3n) is 4.39. The number of hydrogen-bond acceptors (Lipinski definition) is 5. The first kappa shape index (κ1) is 23.4. The molecule has 1 unspecified atom stereocenters. The number of methoxy groups -OCH3 is 1. The number of amides is 1. The molecule has 3 aromatic carbocycles. The van der Waals surface area contributed by atoms with Gasteiger partial charge in [0.05, 0.1) is 4.92 Å². The minimum atomic E-state index is -0.774. The maximum Gasteiger partial charge on any atom is 0.269 e. The van der Waals surface area contributed by atoms with Crippen LogP contribution in [-0.4, -0.2) is 36.2 Å². The zero-order chi connectivity index (χ0) is 22.6. The number of benzene rings is 3. The van der Waals surface area contributed by atoms with Gasteiger partial charge >= 0.3 is 0 Å². The molecule has 1 atom stereocenters. The predicted molar refractivity (Wildman–Crippen MR) is 118 cm³/mol. The number of nitrogens with zero attached hydrogens (tertiary/aromatic N) is 2. The predicted octanol–water partition coefficient (Wildman–Crippen LogP) is 4.44. The van der Waals surface area contributed by atoms with Crippen LogP contribution < -0.4 is 0 Å². The summed E-state index contributed by atoms with van der Waals surface area (Å²) in [6, 6.07) is 23.0. The number of rotatable bonds is 7. The van der Waals surface area contributed by atoms with Gasteiger partial charge in [-0.2, -0.15) is 0 Å². The molecule has 0 fully saturated rings. The Bertz CT molecular complexity index is 976. The minimum absolute atomic E-state index is 0.0962. The Kier molecular flexibility index (Phi) is 9.07. The van der Waals surface area contributed by atoms with Crippen LogP contribution in [0.25, 0.3) is 0 Å². The second kappa shape index (κ2) is 12.0. The highest BCUT2D eigenvalue weighted by molar-refractivity contribution is 5.96. The topological polar surface area (TPSA) is 89.8 Å². The summed E-state index contributed by atoms with van der Waals surface area (Å²) >= 11 is 0. The lowest BCUT2D eigenvalue weighted by Gasteiger charge is -2.29. The molecule has 0 spiro atoms. The summed E-state index contributed by atoms with van der Waals surface area (Å²) in [5.41, 5.74) is 1.76. The Morgan fingerprint density at radius 1 is 0.968 bits per heavy atom. The molecule has 3 aromatic rings. The van der Waals surface area contributed by atoms with E-state index >= 15 is 0 Å². The molecule has 0 bridgehead atoms. The van der Waals surface area contributed by atoms with Crippen LogP contribution in [0.4, 0.5) is 5.69 Å². The smallest absolute Gasteiger partial charge is 0.269 e. The SMILES string of the molecule is COC.O=CC(c1ccccc1)N(Cc1ccccc1)C(=O)c1ccc([N+](=O)[O-])cc1. The van der Waals surface area contributed by atoms with E-state index in [4.69, 9.17) is 0 Å². The van der Waals surface area contributed by atoms with Crippen molar-refractivity contribution in [3.8, 4) is 0 Å². The van der Waals surface area contributed by atoms with Gasteiger partial charge in [-0.3, -0.25) is 14.9 Å². The van der Waals surface area contributed by atoms with Crippen molar-refractivity contribution in [3.05, 3.63) is 112 Å². The summed E-state index contributed by atoms with van der Waals surface area (Å²) in [4.78, 5) is 36.9. The van der Waals surface area contributed by atoms with Gasteiger partial charge in [-0.05, 0) is 23.3 Å². The number of aldehydes is 1. The summed E-state index contributed by atoms with van der Waals surface area (Å²) < 4.78 is 4.25. The van der Waals surface area contributed by atoms with Crippen LogP contribution >= 0.6 is 0 Å². The van der Waals surface area contributed by atoms with Gasteiger partial charge in [-0.15, -0.1) is 0 Å². The molecule has 0 aromatic heterocycles. The molecule has 0 aliphatic heterocycles. The third kappa shape index (κ3) is 6.58. The molecule has 0 heterocycles. The fourth-order valence-electron chi connectivity index (χ4n) is 2.95. The third-order valence-corrected chi connectivity index (χ3v) is 4.39. The Hall–Kier alpha value is -3.84. The summed E-state index contributed by atoms with van der Waals surface area (Å²) in [5, 5.41) is 10.9. The fraction of sp³-hybridized carbons (Fsp3) is 0.167. The average molecular weight is 420 g/mol. The van der Waals surface area contributed by atoms with E-state index in [9.17, 15) is 19.7 Å². The van der Waals surface area contributed by atoms with Crippen molar-refractivity contribution in [3.63, 3.8) is 0 Å².